The Labute approximate surface area is 177 Å². The Morgan fingerprint density at radius 1 is 0.967 bits per heavy atom. The van der Waals surface area contributed by atoms with Crippen molar-refractivity contribution < 1.29 is 9.59 Å². The average molecular weight is 405 g/mol. The van der Waals surface area contributed by atoms with Crippen LogP contribution in [-0.2, 0) is 4.79 Å². The number of rotatable bonds is 3. The van der Waals surface area contributed by atoms with E-state index >= 15 is 0 Å². The normalized spacial score (nSPS) is 21.0. The lowest BCUT2D eigenvalue weighted by atomic mass is 10.00. The Hall–Kier alpha value is -2.86. The van der Waals surface area contributed by atoms with E-state index < -0.39 is 0 Å². The van der Waals surface area contributed by atoms with Crippen LogP contribution < -0.4 is 15.5 Å². The first kappa shape index (κ1) is 19.1. The van der Waals surface area contributed by atoms with Gasteiger partial charge in [0.25, 0.3) is 5.91 Å². The summed E-state index contributed by atoms with van der Waals surface area (Å²) in [6, 6.07) is 14.2. The number of carbonyl (C=O) groups is 2. The van der Waals surface area contributed by atoms with Crippen LogP contribution in [0.25, 0.3) is 11.1 Å². The minimum atomic E-state index is 0.0957. The van der Waals surface area contributed by atoms with Crippen LogP contribution in [0, 0.1) is 5.92 Å². The number of anilines is 2. The van der Waals surface area contributed by atoms with Gasteiger partial charge in [0.15, 0.2) is 0 Å². The van der Waals surface area contributed by atoms with Gasteiger partial charge in [-0.15, -0.1) is 0 Å². The van der Waals surface area contributed by atoms with Gasteiger partial charge >= 0.3 is 0 Å². The molecule has 0 spiro atoms. The van der Waals surface area contributed by atoms with Crippen molar-refractivity contribution in [1.29, 1.82) is 0 Å². The van der Waals surface area contributed by atoms with Crippen LogP contribution in [0.15, 0.2) is 42.5 Å². The van der Waals surface area contributed by atoms with E-state index in [0.29, 0.717) is 0 Å². The molecule has 1 atom stereocenters. The van der Waals surface area contributed by atoms with Crippen LogP contribution in [0.4, 0.5) is 11.4 Å². The lowest BCUT2D eigenvalue weighted by Gasteiger charge is -2.36. The second-order valence-corrected chi connectivity index (χ2v) is 8.56. The zero-order valence-corrected chi connectivity index (χ0v) is 17.4. The highest BCUT2D eigenvalue weighted by molar-refractivity contribution is 6.01. The number of nitrogens with zero attached hydrogens (tertiary/aromatic N) is 2. The molecule has 30 heavy (non-hydrogen) atoms. The molecule has 0 radical (unpaired) electrons. The van der Waals surface area contributed by atoms with Crippen LogP contribution in [0.5, 0.6) is 0 Å². The van der Waals surface area contributed by atoms with Crippen molar-refractivity contribution >= 4 is 23.2 Å². The molecule has 2 amide bonds. The molecule has 0 unspecified atom stereocenters. The van der Waals surface area contributed by atoms with E-state index in [1.807, 2.05) is 40.1 Å². The minimum absolute atomic E-state index is 0.0957. The summed E-state index contributed by atoms with van der Waals surface area (Å²) in [4.78, 5) is 29.3. The summed E-state index contributed by atoms with van der Waals surface area (Å²) in [6.45, 7) is 6.07. The molecule has 2 fully saturated rings. The summed E-state index contributed by atoms with van der Waals surface area (Å²) in [7, 11) is 0. The SMILES string of the molecule is C[C@H]1CNc2cc(-c3ccc(C(=O)N4CCNCC4)cc3)ccc2N1C(=O)C1CC1. The monoisotopic (exact) mass is 404 g/mol. The molecular formula is C24H28N4O2. The van der Waals surface area contributed by atoms with Gasteiger partial charge in [0.1, 0.15) is 0 Å². The highest BCUT2D eigenvalue weighted by Crippen LogP contribution is 2.39. The Morgan fingerprint density at radius 3 is 2.37 bits per heavy atom. The maximum Gasteiger partial charge on any atom is 0.253 e. The number of piperazine rings is 1. The molecule has 1 saturated carbocycles. The van der Waals surface area contributed by atoms with Crippen molar-refractivity contribution in [3.05, 3.63) is 48.0 Å². The number of hydrogen-bond acceptors (Lipinski definition) is 4. The predicted octanol–water partition coefficient (Wildman–Crippen LogP) is 2.96. The van der Waals surface area contributed by atoms with Gasteiger partial charge in [-0.25, -0.2) is 0 Å². The maximum absolute atomic E-state index is 12.8. The molecule has 0 bridgehead atoms. The molecule has 2 aromatic carbocycles. The van der Waals surface area contributed by atoms with Crippen molar-refractivity contribution in [2.24, 2.45) is 5.92 Å². The second-order valence-electron chi connectivity index (χ2n) is 8.56. The van der Waals surface area contributed by atoms with E-state index in [1.165, 1.54) is 0 Å². The van der Waals surface area contributed by atoms with Gasteiger partial charge in [-0.3, -0.25) is 9.59 Å². The van der Waals surface area contributed by atoms with Gasteiger partial charge in [-0.05, 0) is 55.2 Å². The molecule has 6 nitrogen and oxygen atoms in total. The summed E-state index contributed by atoms with van der Waals surface area (Å²) in [5.74, 6) is 0.561. The minimum Gasteiger partial charge on any atom is -0.381 e. The Balaban J connectivity index is 1.37. The van der Waals surface area contributed by atoms with E-state index in [1.54, 1.807) is 0 Å². The van der Waals surface area contributed by atoms with Crippen LogP contribution in [0.3, 0.4) is 0 Å². The van der Waals surface area contributed by atoms with Gasteiger partial charge in [-0.2, -0.15) is 0 Å². The van der Waals surface area contributed by atoms with E-state index in [9.17, 15) is 9.59 Å². The third-order valence-electron chi connectivity index (χ3n) is 6.32. The number of benzene rings is 2. The van der Waals surface area contributed by atoms with E-state index in [0.717, 1.165) is 73.6 Å². The summed E-state index contributed by atoms with van der Waals surface area (Å²) in [6.07, 6.45) is 2.03. The molecule has 0 aromatic heterocycles. The molecule has 6 heteroatoms. The van der Waals surface area contributed by atoms with Gasteiger partial charge in [0.05, 0.1) is 17.4 Å². The average Bonchev–Trinajstić information content (AvgIpc) is 3.64. The van der Waals surface area contributed by atoms with Crippen molar-refractivity contribution in [2.75, 3.05) is 42.9 Å². The summed E-state index contributed by atoms with van der Waals surface area (Å²) < 4.78 is 0. The smallest absolute Gasteiger partial charge is 0.253 e. The number of carbonyl (C=O) groups excluding carboxylic acids is 2. The van der Waals surface area contributed by atoms with Crippen molar-refractivity contribution in [1.82, 2.24) is 10.2 Å². The first-order valence-corrected chi connectivity index (χ1v) is 10.9. The first-order valence-electron chi connectivity index (χ1n) is 10.9. The molecule has 156 valence electrons. The third kappa shape index (κ3) is 3.56. The van der Waals surface area contributed by atoms with E-state index in [4.69, 9.17) is 0 Å². The molecule has 1 saturated heterocycles. The summed E-state index contributed by atoms with van der Waals surface area (Å²) in [5, 5.41) is 6.75. The molecule has 1 aliphatic carbocycles. The summed E-state index contributed by atoms with van der Waals surface area (Å²) in [5.41, 5.74) is 4.85. The van der Waals surface area contributed by atoms with Gasteiger partial charge < -0.3 is 20.4 Å². The largest absolute Gasteiger partial charge is 0.381 e. The fourth-order valence-electron chi connectivity index (χ4n) is 4.37. The van der Waals surface area contributed by atoms with E-state index in [-0.39, 0.29) is 23.8 Å². The number of fused-ring (bicyclic) bond motifs is 1. The quantitative estimate of drug-likeness (QED) is 0.826. The number of amides is 2. The van der Waals surface area contributed by atoms with Crippen molar-refractivity contribution in [3.63, 3.8) is 0 Å². The molecule has 3 aliphatic rings. The first-order chi connectivity index (χ1) is 14.6. The Bertz CT molecular complexity index is 962. The molecular weight excluding hydrogens is 376 g/mol. The molecule has 2 N–H and O–H groups in total. The molecule has 2 aliphatic heterocycles. The van der Waals surface area contributed by atoms with Gasteiger partial charge in [0, 0.05) is 44.2 Å². The number of hydrogen-bond donors (Lipinski definition) is 2. The predicted molar refractivity (Wildman–Crippen MR) is 119 cm³/mol. The maximum atomic E-state index is 12.8. The lowest BCUT2D eigenvalue weighted by molar-refractivity contribution is -0.120. The lowest BCUT2D eigenvalue weighted by Crippen LogP contribution is -2.46. The highest BCUT2D eigenvalue weighted by Gasteiger charge is 2.38. The van der Waals surface area contributed by atoms with Gasteiger partial charge in [0.2, 0.25) is 5.91 Å². The zero-order valence-electron chi connectivity index (χ0n) is 17.4. The van der Waals surface area contributed by atoms with Crippen LogP contribution in [0.2, 0.25) is 0 Å². The summed E-state index contributed by atoms with van der Waals surface area (Å²) >= 11 is 0. The van der Waals surface area contributed by atoms with Crippen molar-refractivity contribution in [2.45, 2.75) is 25.8 Å². The van der Waals surface area contributed by atoms with E-state index in [2.05, 4.69) is 29.7 Å². The number of nitrogens with one attached hydrogen (secondary N) is 2. The highest BCUT2D eigenvalue weighted by atomic mass is 16.2. The van der Waals surface area contributed by atoms with Gasteiger partial charge in [-0.1, -0.05) is 18.2 Å². The standard InChI is InChI=1S/C24H28N4O2/c1-16-15-26-21-14-20(8-9-22(21)28(16)24(30)19-6-7-19)17-2-4-18(5-3-17)23(29)27-12-10-25-11-13-27/h2-5,8-9,14,16,19,25-26H,6-7,10-13,15H2,1H3/t16-/m0/s1. The molecule has 5 rings (SSSR count). The Morgan fingerprint density at radius 2 is 1.67 bits per heavy atom. The third-order valence-corrected chi connectivity index (χ3v) is 6.32. The van der Waals surface area contributed by atoms with Crippen LogP contribution >= 0.6 is 0 Å². The fraction of sp³-hybridized carbons (Fsp3) is 0.417. The topological polar surface area (TPSA) is 64.7 Å². The Kier molecular flexibility index (Phi) is 4.95. The van der Waals surface area contributed by atoms with Crippen LogP contribution in [0.1, 0.15) is 30.1 Å². The molecule has 2 heterocycles. The second kappa shape index (κ2) is 7.76. The molecule has 2 aromatic rings. The fourth-order valence-corrected chi connectivity index (χ4v) is 4.37. The zero-order chi connectivity index (χ0) is 20.7. The van der Waals surface area contributed by atoms with Crippen molar-refractivity contribution in [3.8, 4) is 11.1 Å². The van der Waals surface area contributed by atoms with Crippen LogP contribution in [-0.4, -0.2) is 55.5 Å².